The van der Waals surface area contributed by atoms with E-state index in [9.17, 15) is 17.2 Å². The number of rotatable bonds is 5. The molecule has 0 amide bonds. The topological polar surface area (TPSA) is 77.0 Å². The molecule has 2 heterocycles. The molecule has 1 aromatic carbocycles. The third kappa shape index (κ3) is 5.44. The van der Waals surface area contributed by atoms with E-state index < -0.39 is 21.7 Å². The standard InChI is InChI=1S/C17H25F2N5O2S.HI/c1-20-17(21-7-10-24-8-3-11-27(24,25)26)22-13-6-9-23(12-13)16-14(18)4-2-5-15(16)19;/h2,4-5,13H,3,6-12H2,1H3,(H2,20,21,22);1H. The molecule has 1 unspecified atom stereocenters. The fourth-order valence-electron chi connectivity index (χ4n) is 3.50. The van der Waals surface area contributed by atoms with Crippen LogP contribution in [-0.2, 0) is 10.0 Å². The van der Waals surface area contributed by atoms with E-state index in [1.165, 1.54) is 22.5 Å². The zero-order valence-corrected chi connectivity index (χ0v) is 18.8. The Balaban J connectivity index is 0.00000280. The van der Waals surface area contributed by atoms with E-state index in [1.807, 2.05) is 0 Å². The Morgan fingerprint density at radius 1 is 1.29 bits per heavy atom. The molecule has 0 spiro atoms. The smallest absolute Gasteiger partial charge is 0.214 e. The molecule has 0 radical (unpaired) electrons. The highest BCUT2D eigenvalue weighted by atomic mass is 127. The zero-order chi connectivity index (χ0) is 19.4. The lowest BCUT2D eigenvalue weighted by Gasteiger charge is -2.21. The first kappa shape index (κ1) is 23.1. The molecule has 2 saturated heterocycles. The maximum absolute atomic E-state index is 13.9. The average Bonchev–Trinajstić information content (AvgIpc) is 3.20. The maximum atomic E-state index is 13.9. The molecule has 0 aliphatic carbocycles. The van der Waals surface area contributed by atoms with Crippen LogP contribution in [0.2, 0.25) is 0 Å². The predicted molar refractivity (Wildman–Crippen MR) is 117 cm³/mol. The molecule has 2 N–H and O–H groups in total. The Morgan fingerprint density at radius 2 is 2.00 bits per heavy atom. The van der Waals surface area contributed by atoms with E-state index in [1.54, 1.807) is 11.9 Å². The van der Waals surface area contributed by atoms with E-state index in [-0.39, 0.29) is 41.5 Å². The Bertz CT molecular complexity index is 788. The second-order valence-electron chi connectivity index (χ2n) is 6.71. The molecule has 3 rings (SSSR count). The van der Waals surface area contributed by atoms with Crippen LogP contribution >= 0.6 is 24.0 Å². The van der Waals surface area contributed by atoms with E-state index in [0.29, 0.717) is 45.1 Å². The summed E-state index contributed by atoms with van der Waals surface area (Å²) >= 11 is 0. The number of aliphatic imine (C=N–C) groups is 1. The Labute approximate surface area is 181 Å². The quantitative estimate of drug-likeness (QED) is 0.343. The van der Waals surface area contributed by atoms with Crippen LogP contribution in [0.3, 0.4) is 0 Å². The number of hydrogen-bond acceptors (Lipinski definition) is 4. The molecule has 11 heteroatoms. The van der Waals surface area contributed by atoms with Crippen LogP contribution in [0, 0.1) is 11.6 Å². The minimum atomic E-state index is -3.10. The highest BCUT2D eigenvalue weighted by molar-refractivity contribution is 14.0. The van der Waals surface area contributed by atoms with Gasteiger partial charge in [-0.15, -0.1) is 24.0 Å². The Morgan fingerprint density at radius 3 is 2.61 bits per heavy atom. The monoisotopic (exact) mass is 529 g/mol. The first-order valence-corrected chi connectivity index (χ1v) is 10.7. The maximum Gasteiger partial charge on any atom is 0.214 e. The van der Waals surface area contributed by atoms with Gasteiger partial charge in [0, 0.05) is 45.8 Å². The lowest BCUT2D eigenvalue weighted by molar-refractivity contribution is 0.444. The number of para-hydroxylation sites is 1. The number of nitrogens with one attached hydrogen (secondary N) is 2. The summed E-state index contributed by atoms with van der Waals surface area (Å²) in [5.74, 6) is -0.368. The Kier molecular flexibility index (Phi) is 8.25. The van der Waals surface area contributed by atoms with Crippen LogP contribution in [0.1, 0.15) is 12.8 Å². The number of benzene rings is 1. The number of hydrogen-bond donors (Lipinski definition) is 2. The summed E-state index contributed by atoms with van der Waals surface area (Å²) in [6, 6.07) is 3.86. The predicted octanol–water partition coefficient (Wildman–Crippen LogP) is 1.36. The van der Waals surface area contributed by atoms with Gasteiger partial charge in [0.2, 0.25) is 10.0 Å². The van der Waals surface area contributed by atoms with Crippen molar-refractivity contribution in [1.29, 1.82) is 0 Å². The third-order valence-corrected chi connectivity index (χ3v) is 6.82. The number of anilines is 1. The van der Waals surface area contributed by atoms with Crippen molar-refractivity contribution < 1.29 is 17.2 Å². The van der Waals surface area contributed by atoms with Crippen molar-refractivity contribution in [2.45, 2.75) is 18.9 Å². The third-order valence-electron chi connectivity index (χ3n) is 4.86. The van der Waals surface area contributed by atoms with Gasteiger partial charge < -0.3 is 15.5 Å². The molecule has 2 aliphatic heterocycles. The summed E-state index contributed by atoms with van der Waals surface area (Å²) in [5.41, 5.74) is 0.00369. The molecule has 0 saturated carbocycles. The van der Waals surface area contributed by atoms with Crippen LogP contribution in [0.4, 0.5) is 14.5 Å². The fourth-order valence-corrected chi connectivity index (χ4v) is 5.03. The molecule has 158 valence electrons. The highest BCUT2D eigenvalue weighted by Crippen LogP contribution is 2.26. The number of nitrogens with zero attached hydrogens (tertiary/aromatic N) is 3. The van der Waals surface area contributed by atoms with Crippen LogP contribution in [-0.4, -0.2) is 70.2 Å². The van der Waals surface area contributed by atoms with Gasteiger partial charge in [0.15, 0.2) is 5.96 Å². The van der Waals surface area contributed by atoms with Crippen molar-refractivity contribution in [3.05, 3.63) is 29.8 Å². The lowest BCUT2D eigenvalue weighted by Crippen LogP contribution is -2.46. The van der Waals surface area contributed by atoms with Gasteiger partial charge in [0.25, 0.3) is 0 Å². The number of halogens is 3. The van der Waals surface area contributed by atoms with Crippen molar-refractivity contribution >= 4 is 45.6 Å². The van der Waals surface area contributed by atoms with Crippen molar-refractivity contribution in [2.75, 3.05) is 50.4 Å². The molecule has 0 bridgehead atoms. The molecule has 2 aliphatic rings. The van der Waals surface area contributed by atoms with Crippen molar-refractivity contribution in [2.24, 2.45) is 4.99 Å². The van der Waals surface area contributed by atoms with Crippen molar-refractivity contribution in [3.63, 3.8) is 0 Å². The second-order valence-corrected chi connectivity index (χ2v) is 8.80. The molecule has 2 fully saturated rings. The van der Waals surface area contributed by atoms with Gasteiger partial charge in [-0.25, -0.2) is 21.5 Å². The molecular weight excluding hydrogens is 503 g/mol. The minimum absolute atomic E-state index is 0. The van der Waals surface area contributed by atoms with Crippen LogP contribution < -0.4 is 15.5 Å². The summed E-state index contributed by atoms with van der Waals surface area (Å²) < 4.78 is 53.0. The van der Waals surface area contributed by atoms with Crippen LogP contribution in [0.15, 0.2) is 23.2 Å². The molecule has 1 aromatic rings. The highest BCUT2D eigenvalue weighted by Gasteiger charge is 2.29. The van der Waals surface area contributed by atoms with Gasteiger partial charge in [0.05, 0.1) is 5.75 Å². The first-order valence-electron chi connectivity index (χ1n) is 9.04. The molecular formula is C17H26F2IN5O2S. The van der Waals surface area contributed by atoms with E-state index in [0.717, 1.165) is 6.42 Å². The van der Waals surface area contributed by atoms with Gasteiger partial charge in [-0.1, -0.05) is 6.07 Å². The largest absolute Gasteiger partial charge is 0.365 e. The zero-order valence-electron chi connectivity index (χ0n) is 15.7. The minimum Gasteiger partial charge on any atom is -0.365 e. The number of guanidine groups is 1. The lowest BCUT2D eigenvalue weighted by atomic mass is 10.2. The van der Waals surface area contributed by atoms with Crippen molar-refractivity contribution in [1.82, 2.24) is 14.9 Å². The van der Waals surface area contributed by atoms with Crippen LogP contribution in [0.5, 0.6) is 0 Å². The Hall–Kier alpha value is -1.21. The average molecular weight is 529 g/mol. The van der Waals surface area contributed by atoms with Gasteiger partial charge in [-0.2, -0.15) is 0 Å². The van der Waals surface area contributed by atoms with Gasteiger partial charge in [0.1, 0.15) is 17.3 Å². The van der Waals surface area contributed by atoms with Gasteiger partial charge in [-0.3, -0.25) is 4.99 Å². The molecule has 1 atom stereocenters. The summed E-state index contributed by atoms with van der Waals surface area (Å²) in [5, 5.41) is 6.34. The summed E-state index contributed by atoms with van der Waals surface area (Å²) in [4.78, 5) is 5.83. The van der Waals surface area contributed by atoms with E-state index in [2.05, 4.69) is 15.6 Å². The van der Waals surface area contributed by atoms with Crippen LogP contribution in [0.25, 0.3) is 0 Å². The van der Waals surface area contributed by atoms with Crippen molar-refractivity contribution in [3.8, 4) is 0 Å². The summed E-state index contributed by atoms with van der Waals surface area (Å²) in [6.07, 6.45) is 1.38. The second kappa shape index (κ2) is 10.0. The molecule has 0 aromatic heterocycles. The van der Waals surface area contributed by atoms with E-state index >= 15 is 0 Å². The molecule has 28 heavy (non-hydrogen) atoms. The van der Waals surface area contributed by atoms with Gasteiger partial charge in [-0.05, 0) is 25.0 Å². The van der Waals surface area contributed by atoms with Gasteiger partial charge >= 0.3 is 0 Å². The number of sulfonamides is 1. The first-order chi connectivity index (χ1) is 12.9. The fraction of sp³-hybridized carbons (Fsp3) is 0.588. The SMILES string of the molecule is CN=C(NCCN1CCCS1(=O)=O)NC1CCN(c2c(F)cccc2F)C1.I. The molecule has 7 nitrogen and oxygen atoms in total. The van der Waals surface area contributed by atoms with E-state index in [4.69, 9.17) is 0 Å². The summed E-state index contributed by atoms with van der Waals surface area (Å²) in [7, 11) is -1.47. The summed E-state index contributed by atoms with van der Waals surface area (Å²) in [6.45, 7) is 2.39. The normalized spacial score (nSPS) is 22.2.